The van der Waals surface area contributed by atoms with Gasteiger partial charge in [-0.25, -0.2) is 0 Å². The SMILES string of the molecule is O=[N+]([O-])c1ccc(C(O)CO)cc1Cl. The van der Waals surface area contributed by atoms with Crippen LogP contribution in [-0.4, -0.2) is 21.7 Å². The van der Waals surface area contributed by atoms with Gasteiger partial charge in [0.15, 0.2) is 0 Å². The van der Waals surface area contributed by atoms with E-state index in [0.717, 1.165) is 0 Å². The van der Waals surface area contributed by atoms with E-state index in [4.69, 9.17) is 16.7 Å². The molecule has 76 valence electrons. The van der Waals surface area contributed by atoms with E-state index in [0.29, 0.717) is 5.56 Å². The molecule has 0 saturated heterocycles. The van der Waals surface area contributed by atoms with Gasteiger partial charge in [0.25, 0.3) is 5.69 Å². The Morgan fingerprint density at radius 3 is 2.64 bits per heavy atom. The predicted octanol–water partition coefficient (Wildman–Crippen LogP) is 1.27. The van der Waals surface area contributed by atoms with E-state index >= 15 is 0 Å². The van der Waals surface area contributed by atoms with Crippen LogP contribution in [0.5, 0.6) is 0 Å². The van der Waals surface area contributed by atoms with Gasteiger partial charge in [-0.1, -0.05) is 11.6 Å². The molecule has 14 heavy (non-hydrogen) atoms. The molecule has 0 amide bonds. The maximum atomic E-state index is 10.4. The maximum Gasteiger partial charge on any atom is 0.287 e. The summed E-state index contributed by atoms with van der Waals surface area (Å²) in [5, 5.41) is 28.2. The highest BCUT2D eigenvalue weighted by Crippen LogP contribution is 2.27. The number of hydrogen-bond acceptors (Lipinski definition) is 4. The van der Waals surface area contributed by atoms with E-state index in [9.17, 15) is 15.2 Å². The lowest BCUT2D eigenvalue weighted by molar-refractivity contribution is -0.384. The van der Waals surface area contributed by atoms with Gasteiger partial charge in [-0.05, 0) is 17.7 Å². The number of benzene rings is 1. The average Bonchev–Trinajstić information content (AvgIpc) is 2.15. The van der Waals surface area contributed by atoms with Gasteiger partial charge in [0.1, 0.15) is 11.1 Å². The van der Waals surface area contributed by atoms with Crippen molar-refractivity contribution in [2.75, 3.05) is 6.61 Å². The summed E-state index contributed by atoms with van der Waals surface area (Å²) in [4.78, 5) is 9.77. The lowest BCUT2D eigenvalue weighted by atomic mass is 10.1. The maximum absolute atomic E-state index is 10.4. The first-order valence-electron chi connectivity index (χ1n) is 3.79. The molecule has 0 spiro atoms. The van der Waals surface area contributed by atoms with Crippen LogP contribution in [0.25, 0.3) is 0 Å². The highest BCUT2D eigenvalue weighted by atomic mass is 35.5. The van der Waals surface area contributed by atoms with Crippen molar-refractivity contribution < 1.29 is 15.1 Å². The van der Waals surface area contributed by atoms with Crippen molar-refractivity contribution in [3.05, 3.63) is 38.9 Å². The predicted molar refractivity (Wildman–Crippen MR) is 50.2 cm³/mol. The highest BCUT2D eigenvalue weighted by Gasteiger charge is 2.14. The number of aliphatic hydroxyl groups is 2. The van der Waals surface area contributed by atoms with Gasteiger partial charge < -0.3 is 10.2 Å². The van der Waals surface area contributed by atoms with Crippen LogP contribution in [0, 0.1) is 10.1 Å². The molecule has 5 nitrogen and oxygen atoms in total. The van der Waals surface area contributed by atoms with Gasteiger partial charge >= 0.3 is 0 Å². The third-order valence-corrected chi connectivity index (χ3v) is 2.03. The summed E-state index contributed by atoms with van der Waals surface area (Å²) in [7, 11) is 0. The van der Waals surface area contributed by atoms with Gasteiger partial charge in [0.05, 0.1) is 11.5 Å². The molecule has 0 heterocycles. The topological polar surface area (TPSA) is 83.6 Å². The molecular formula is C8H8ClNO4. The van der Waals surface area contributed by atoms with Crippen LogP contribution < -0.4 is 0 Å². The first kappa shape index (κ1) is 10.9. The van der Waals surface area contributed by atoms with Gasteiger partial charge in [-0.15, -0.1) is 0 Å². The van der Waals surface area contributed by atoms with Crippen molar-refractivity contribution in [2.24, 2.45) is 0 Å². The molecule has 2 N–H and O–H groups in total. The van der Waals surface area contributed by atoms with E-state index in [-0.39, 0.29) is 10.7 Å². The van der Waals surface area contributed by atoms with Crippen molar-refractivity contribution in [1.82, 2.24) is 0 Å². The van der Waals surface area contributed by atoms with Crippen molar-refractivity contribution in [2.45, 2.75) is 6.10 Å². The van der Waals surface area contributed by atoms with Crippen LogP contribution in [0.15, 0.2) is 18.2 Å². The number of halogens is 1. The molecule has 1 aromatic rings. The molecule has 0 saturated carbocycles. The molecule has 0 aliphatic rings. The lowest BCUT2D eigenvalue weighted by Crippen LogP contribution is -2.02. The van der Waals surface area contributed by atoms with Crippen molar-refractivity contribution in [3.63, 3.8) is 0 Å². The molecule has 0 fully saturated rings. The molecule has 0 aliphatic heterocycles. The van der Waals surface area contributed by atoms with Gasteiger partial charge in [-0.3, -0.25) is 10.1 Å². The fraction of sp³-hybridized carbons (Fsp3) is 0.250. The Kier molecular flexibility index (Phi) is 3.40. The minimum absolute atomic E-state index is 0.0556. The van der Waals surface area contributed by atoms with Crippen LogP contribution in [0.2, 0.25) is 5.02 Å². The van der Waals surface area contributed by atoms with Crippen LogP contribution in [0.4, 0.5) is 5.69 Å². The Balaban J connectivity index is 3.06. The Bertz CT molecular complexity index is 355. The molecule has 6 heteroatoms. The molecule has 0 bridgehead atoms. The lowest BCUT2D eigenvalue weighted by Gasteiger charge is -2.07. The second-order valence-electron chi connectivity index (χ2n) is 2.67. The van der Waals surface area contributed by atoms with Crippen LogP contribution >= 0.6 is 11.6 Å². The summed E-state index contributed by atoms with van der Waals surface area (Å²) in [6, 6.07) is 3.81. The molecular weight excluding hydrogens is 210 g/mol. The summed E-state index contributed by atoms with van der Waals surface area (Å²) < 4.78 is 0. The van der Waals surface area contributed by atoms with Gasteiger partial charge in [0.2, 0.25) is 0 Å². The van der Waals surface area contributed by atoms with Crippen LogP contribution in [-0.2, 0) is 0 Å². The van der Waals surface area contributed by atoms with Crippen molar-refractivity contribution >= 4 is 17.3 Å². The third-order valence-electron chi connectivity index (χ3n) is 1.73. The fourth-order valence-electron chi connectivity index (χ4n) is 0.984. The summed E-state index contributed by atoms with van der Waals surface area (Å²) in [5.74, 6) is 0. The van der Waals surface area contributed by atoms with E-state index in [1.807, 2.05) is 0 Å². The fourth-order valence-corrected chi connectivity index (χ4v) is 1.24. The Morgan fingerprint density at radius 2 is 2.21 bits per heavy atom. The molecule has 0 aliphatic carbocycles. The largest absolute Gasteiger partial charge is 0.393 e. The highest BCUT2D eigenvalue weighted by molar-refractivity contribution is 6.32. The third kappa shape index (κ3) is 2.20. The van der Waals surface area contributed by atoms with E-state index in [2.05, 4.69) is 0 Å². The zero-order chi connectivity index (χ0) is 10.7. The Morgan fingerprint density at radius 1 is 1.57 bits per heavy atom. The molecule has 1 atom stereocenters. The second-order valence-corrected chi connectivity index (χ2v) is 3.07. The summed E-state index contributed by atoms with van der Waals surface area (Å²) >= 11 is 5.59. The van der Waals surface area contributed by atoms with Crippen LogP contribution in [0.3, 0.4) is 0 Å². The average molecular weight is 218 g/mol. The van der Waals surface area contributed by atoms with E-state index < -0.39 is 17.6 Å². The van der Waals surface area contributed by atoms with Gasteiger partial charge in [-0.2, -0.15) is 0 Å². The number of rotatable bonds is 3. The molecule has 1 aromatic carbocycles. The second kappa shape index (κ2) is 4.36. The normalized spacial score (nSPS) is 12.5. The summed E-state index contributed by atoms with van der Waals surface area (Å²) in [6.07, 6.45) is -1.06. The first-order chi connectivity index (χ1) is 6.56. The Hall–Kier alpha value is -1.17. The van der Waals surface area contributed by atoms with Crippen molar-refractivity contribution in [1.29, 1.82) is 0 Å². The minimum Gasteiger partial charge on any atom is -0.393 e. The zero-order valence-corrected chi connectivity index (χ0v) is 7.81. The van der Waals surface area contributed by atoms with Crippen molar-refractivity contribution in [3.8, 4) is 0 Å². The summed E-state index contributed by atoms with van der Waals surface area (Å²) in [5.41, 5.74) is 0.128. The molecule has 1 rings (SSSR count). The van der Waals surface area contributed by atoms with E-state index in [1.54, 1.807) is 0 Å². The monoisotopic (exact) mass is 217 g/mol. The first-order valence-corrected chi connectivity index (χ1v) is 4.17. The summed E-state index contributed by atoms with van der Waals surface area (Å²) in [6.45, 7) is -0.450. The molecule has 0 aromatic heterocycles. The zero-order valence-electron chi connectivity index (χ0n) is 7.05. The number of nitro groups is 1. The smallest absolute Gasteiger partial charge is 0.287 e. The molecule has 0 radical (unpaired) electrons. The minimum atomic E-state index is -1.06. The van der Waals surface area contributed by atoms with Crippen LogP contribution in [0.1, 0.15) is 11.7 Å². The van der Waals surface area contributed by atoms with E-state index in [1.165, 1.54) is 18.2 Å². The van der Waals surface area contributed by atoms with Gasteiger partial charge in [0, 0.05) is 6.07 Å². The number of nitrogens with zero attached hydrogens (tertiary/aromatic N) is 1. The number of aliphatic hydroxyl groups excluding tert-OH is 2. The standard InChI is InChI=1S/C8H8ClNO4/c9-6-3-5(8(12)4-11)1-2-7(6)10(13)14/h1-3,8,11-12H,4H2. The quantitative estimate of drug-likeness (QED) is 0.590. The Labute approximate surface area is 84.7 Å². The number of hydrogen-bond donors (Lipinski definition) is 2. The number of nitro benzene ring substituents is 1. The molecule has 1 unspecified atom stereocenters.